The summed E-state index contributed by atoms with van der Waals surface area (Å²) in [6.07, 6.45) is 1.22. The zero-order chi connectivity index (χ0) is 13.0. The van der Waals surface area contributed by atoms with Crippen molar-refractivity contribution in [3.8, 4) is 5.75 Å². The van der Waals surface area contributed by atoms with E-state index >= 15 is 0 Å². The summed E-state index contributed by atoms with van der Waals surface area (Å²) >= 11 is 3.57. The molecule has 1 rings (SSSR count). The van der Waals surface area contributed by atoms with Crippen LogP contribution in [0.1, 0.15) is 38.3 Å². The number of hydrogen-bond donors (Lipinski definition) is 0. The third kappa shape index (κ3) is 4.71. The molecular formula is C15H23BrO. The molecule has 2 heteroatoms. The van der Waals surface area contributed by atoms with Crippen LogP contribution < -0.4 is 4.74 Å². The Morgan fingerprint density at radius 2 is 1.65 bits per heavy atom. The standard InChI is InChI=1S/C15H23BrO/c1-10(2)6-11(3)9-17-14-7-12(4)15(16)13(5)8-14/h7-8,10-11H,6,9H2,1-5H3. The van der Waals surface area contributed by atoms with Crippen LogP contribution in [0.25, 0.3) is 0 Å². The molecule has 1 aromatic rings. The summed E-state index contributed by atoms with van der Waals surface area (Å²) in [7, 11) is 0. The summed E-state index contributed by atoms with van der Waals surface area (Å²) < 4.78 is 7.05. The number of hydrogen-bond acceptors (Lipinski definition) is 1. The normalized spacial score (nSPS) is 12.9. The van der Waals surface area contributed by atoms with E-state index in [1.807, 2.05) is 0 Å². The second kappa shape index (κ2) is 6.44. The highest BCUT2D eigenvalue weighted by Crippen LogP contribution is 2.26. The highest BCUT2D eigenvalue weighted by molar-refractivity contribution is 9.10. The first-order chi connectivity index (χ1) is 7.90. The van der Waals surface area contributed by atoms with Gasteiger partial charge in [0, 0.05) is 4.47 Å². The molecule has 0 N–H and O–H groups in total. The van der Waals surface area contributed by atoms with E-state index in [1.165, 1.54) is 22.0 Å². The molecule has 0 aliphatic carbocycles. The lowest BCUT2D eigenvalue weighted by atomic mass is 10.00. The summed E-state index contributed by atoms with van der Waals surface area (Å²) in [5, 5.41) is 0. The largest absolute Gasteiger partial charge is 0.493 e. The molecular weight excluding hydrogens is 276 g/mol. The van der Waals surface area contributed by atoms with Gasteiger partial charge in [0.05, 0.1) is 6.61 Å². The molecule has 0 spiro atoms. The van der Waals surface area contributed by atoms with Crippen molar-refractivity contribution >= 4 is 15.9 Å². The van der Waals surface area contributed by atoms with Crippen molar-refractivity contribution in [2.24, 2.45) is 11.8 Å². The Hall–Kier alpha value is -0.500. The van der Waals surface area contributed by atoms with Crippen LogP contribution in [0.15, 0.2) is 16.6 Å². The van der Waals surface area contributed by atoms with E-state index in [0.29, 0.717) is 5.92 Å². The molecule has 0 fully saturated rings. The maximum Gasteiger partial charge on any atom is 0.119 e. The van der Waals surface area contributed by atoms with E-state index in [4.69, 9.17) is 4.74 Å². The molecule has 1 atom stereocenters. The maximum absolute atomic E-state index is 5.86. The van der Waals surface area contributed by atoms with Crippen LogP contribution in [-0.4, -0.2) is 6.61 Å². The Morgan fingerprint density at radius 1 is 1.12 bits per heavy atom. The lowest BCUT2D eigenvalue weighted by Gasteiger charge is -2.16. The molecule has 0 radical (unpaired) electrons. The average molecular weight is 299 g/mol. The van der Waals surface area contributed by atoms with Crippen LogP contribution in [0.2, 0.25) is 0 Å². The molecule has 0 heterocycles. The summed E-state index contributed by atoms with van der Waals surface area (Å²) in [5.74, 6) is 2.33. The van der Waals surface area contributed by atoms with Gasteiger partial charge in [0.15, 0.2) is 0 Å². The fourth-order valence-corrected chi connectivity index (χ4v) is 2.33. The molecule has 0 saturated heterocycles. The molecule has 1 aromatic carbocycles. The van der Waals surface area contributed by atoms with E-state index in [2.05, 4.69) is 62.7 Å². The van der Waals surface area contributed by atoms with Gasteiger partial charge in [-0.15, -0.1) is 0 Å². The Kier molecular flexibility index (Phi) is 5.51. The summed E-state index contributed by atoms with van der Waals surface area (Å²) in [5.41, 5.74) is 2.47. The molecule has 0 aliphatic heterocycles. The zero-order valence-electron chi connectivity index (χ0n) is 11.5. The second-order valence-electron chi connectivity index (χ2n) is 5.42. The van der Waals surface area contributed by atoms with Gasteiger partial charge in [-0.3, -0.25) is 0 Å². The molecule has 17 heavy (non-hydrogen) atoms. The molecule has 0 amide bonds. The number of ether oxygens (including phenoxy) is 1. The fraction of sp³-hybridized carbons (Fsp3) is 0.600. The summed E-state index contributed by atoms with van der Waals surface area (Å²) in [6, 6.07) is 4.19. The minimum absolute atomic E-state index is 0.610. The number of rotatable bonds is 5. The zero-order valence-corrected chi connectivity index (χ0v) is 13.1. The van der Waals surface area contributed by atoms with Crippen molar-refractivity contribution < 1.29 is 4.74 Å². The first-order valence-electron chi connectivity index (χ1n) is 6.29. The van der Waals surface area contributed by atoms with Gasteiger partial charge in [-0.2, -0.15) is 0 Å². The highest BCUT2D eigenvalue weighted by Gasteiger charge is 2.07. The van der Waals surface area contributed by atoms with Crippen LogP contribution in [0.3, 0.4) is 0 Å². The number of aryl methyl sites for hydroxylation is 2. The first-order valence-corrected chi connectivity index (χ1v) is 7.09. The first kappa shape index (κ1) is 14.6. The van der Waals surface area contributed by atoms with Gasteiger partial charge < -0.3 is 4.74 Å². The summed E-state index contributed by atoms with van der Waals surface area (Å²) in [6.45, 7) is 11.8. The van der Waals surface area contributed by atoms with Crippen LogP contribution in [0.5, 0.6) is 5.75 Å². The quantitative estimate of drug-likeness (QED) is 0.732. The number of halogens is 1. The highest BCUT2D eigenvalue weighted by atomic mass is 79.9. The molecule has 1 nitrogen and oxygen atoms in total. The van der Waals surface area contributed by atoms with E-state index in [1.54, 1.807) is 0 Å². The van der Waals surface area contributed by atoms with E-state index in [0.717, 1.165) is 18.3 Å². The lowest BCUT2D eigenvalue weighted by molar-refractivity contribution is 0.238. The van der Waals surface area contributed by atoms with Gasteiger partial charge in [0.2, 0.25) is 0 Å². The van der Waals surface area contributed by atoms with Gasteiger partial charge in [-0.25, -0.2) is 0 Å². The maximum atomic E-state index is 5.86. The summed E-state index contributed by atoms with van der Waals surface area (Å²) in [4.78, 5) is 0. The minimum atomic E-state index is 0.610. The molecule has 0 bridgehead atoms. The van der Waals surface area contributed by atoms with E-state index < -0.39 is 0 Å². The van der Waals surface area contributed by atoms with Crippen molar-refractivity contribution in [1.29, 1.82) is 0 Å². The monoisotopic (exact) mass is 298 g/mol. The van der Waals surface area contributed by atoms with E-state index in [9.17, 15) is 0 Å². The van der Waals surface area contributed by atoms with Crippen LogP contribution >= 0.6 is 15.9 Å². The van der Waals surface area contributed by atoms with Gasteiger partial charge in [0.1, 0.15) is 5.75 Å². The molecule has 96 valence electrons. The Balaban J connectivity index is 2.58. The van der Waals surface area contributed by atoms with Crippen molar-refractivity contribution in [1.82, 2.24) is 0 Å². The fourth-order valence-electron chi connectivity index (χ4n) is 2.10. The predicted octanol–water partition coefficient (Wildman–Crippen LogP) is 5.13. The SMILES string of the molecule is Cc1cc(OCC(C)CC(C)C)cc(C)c1Br. The Morgan fingerprint density at radius 3 is 2.12 bits per heavy atom. The van der Waals surface area contributed by atoms with Crippen LogP contribution in [-0.2, 0) is 0 Å². The molecule has 0 aromatic heterocycles. The van der Waals surface area contributed by atoms with Crippen molar-refractivity contribution in [2.75, 3.05) is 6.61 Å². The van der Waals surface area contributed by atoms with Crippen molar-refractivity contribution in [2.45, 2.75) is 41.0 Å². The molecule has 1 unspecified atom stereocenters. The smallest absolute Gasteiger partial charge is 0.119 e. The van der Waals surface area contributed by atoms with Gasteiger partial charge in [-0.05, 0) is 55.4 Å². The van der Waals surface area contributed by atoms with Gasteiger partial charge in [-0.1, -0.05) is 36.7 Å². The third-order valence-corrected chi connectivity index (χ3v) is 4.07. The average Bonchev–Trinajstić information content (AvgIpc) is 2.22. The topological polar surface area (TPSA) is 9.23 Å². The van der Waals surface area contributed by atoms with Crippen LogP contribution in [0, 0.1) is 25.7 Å². The van der Waals surface area contributed by atoms with Crippen molar-refractivity contribution in [3.63, 3.8) is 0 Å². The molecule has 0 saturated carbocycles. The molecule has 0 aliphatic rings. The van der Waals surface area contributed by atoms with Crippen LogP contribution in [0.4, 0.5) is 0 Å². The second-order valence-corrected chi connectivity index (χ2v) is 6.21. The van der Waals surface area contributed by atoms with Gasteiger partial charge >= 0.3 is 0 Å². The van der Waals surface area contributed by atoms with Crippen molar-refractivity contribution in [3.05, 3.63) is 27.7 Å². The minimum Gasteiger partial charge on any atom is -0.493 e. The third-order valence-electron chi connectivity index (χ3n) is 2.82. The van der Waals surface area contributed by atoms with E-state index in [-0.39, 0.29) is 0 Å². The Bertz CT molecular complexity index is 348. The number of benzene rings is 1. The predicted molar refractivity (Wildman–Crippen MR) is 77.7 cm³/mol. The van der Waals surface area contributed by atoms with Gasteiger partial charge in [0.25, 0.3) is 0 Å². The Labute approximate surface area is 114 Å². The lowest BCUT2D eigenvalue weighted by Crippen LogP contribution is -2.11.